The van der Waals surface area contributed by atoms with E-state index in [1.165, 1.54) is 0 Å². The minimum atomic E-state index is -0.120. The summed E-state index contributed by atoms with van der Waals surface area (Å²) in [5.41, 5.74) is 5.84. The Bertz CT molecular complexity index is 969. The van der Waals surface area contributed by atoms with Crippen molar-refractivity contribution in [2.45, 2.75) is 32.9 Å². The van der Waals surface area contributed by atoms with Gasteiger partial charge in [0.05, 0.1) is 12.0 Å². The van der Waals surface area contributed by atoms with Gasteiger partial charge in [0.2, 0.25) is 5.95 Å². The fourth-order valence-corrected chi connectivity index (χ4v) is 3.47. The van der Waals surface area contributed by atoms with Gasteiger partial charge in [0, 0.05) is 53.8 Å². The van der Waals surface area contributed by atoms with Crippen LogP contribution in [0.5, 0.6) is 0 Å². The molecular formula is C19H26N6O2S. The third-order valence-corrected chi connectivity index (χ3v) is 5.35. The molecule has 3 heterocycles. The molecule has 3 rings (SSSR count). The van der Waals surface area contributed by atoms with Crippen LogP contribution >= 0.6 is 11.8 Å². The Balaban J connectivity index is 0.00000280. The van der Waals surface area contributed by atoms with Gasteiger partial charge in [0.1, 0.15) is 0 Å². The van der Waals surface area contributed by atoms with Gasteiger partial charge in [-0.3, -0.25) is 14.8 Å². The third kappa shape index (κ3) is 5.67. The van der Waals surface area contributed by atoms with Crippen LogP contribution in [0.2, 0.25) is 0 Å². The summed E-state index contributed by atoms with van der Waals surface area (Å²) in [7, 11) is 0. The monoisotopic (exact) mass is 402 g/mol. The molecule has 0 aliphatic heterocycles. The molecule has 5 N–H and O–H groups in total. The fourth-order valence-electron chi connectivity index (χ4n) is 2.60. The number of imidazole rings is 1. The molecule has 0 unspecified atom stereocenters. The van der Waals surface area contributed by atoms with E-state index in [2.05, 4.69) is 36.3 Å². The van der Waals surface area contributed by atoms with Gasteiger partial charge in [-0.2, -0.15) is 11.8 Å². The van der Waals surface area contributed by atoms with E-state index in [0.29, 0.717) is 17.9 Å². The lowest BCUT2D eigenvalue weighted by atomic mass is 10.1. The summed E-state index contributed by atoms with van der Waals surface area (Å²) >= 11 is 1.78. The number of nitrogens with one attached hydrogen (secondary N) is 3. The van der Waals surface area contributed by atoms with Crippen LogP contribution in [0.15, 0.2) is 29.6 Å². The quantitative estimate of drug-likeness (QED) is 0.493. The lowest BCUT2D eigenvalue weighted by Gasteiger charge is -2.07. The van der Waals surface area contributed by atoms with E-state index in [0.717, 1.165) is 46.3 Å². The summed E-state index contributed by atoms with van der Waals surface area (Å²) in [5, 5.41) is 3.16. The Labute approximate surface area is 168 Å². The lowest BCUT2D eigenvalue weighted by Crippen LogP contribution is -2.18. The van der Waals surface area contributed by atoms with Gasteiger partial charge in [-0.05, 0) is 31.9 Å². The molecule has 9 heteroatoms. The lowest BCUT2D eigenvalue weighted by molar-refractivity contribution is 0.824. The van der Waals surface area contributed by atoms with Crippen molar-refractivity contribution in [2.24, 2.45) is 0 Å². The van der Waals surface area contributed by atoms with Crippen molar-refractivity contribution in [1.29, 1.82) is 0 Å². The number of aromatic amines is 2. The molecule has 0 saturated carbocycles. The van der Waals surface area contributed by atoms with Crippen LogP contribution < -0.4 is 10.9 Å². The van der Waals surface area contributed by atoms with Gasteiger partial charge in [-0.1, -0.05) is 6.07 Å². The van der Waals surface area contributed by atoms with Crippen molar-refractivity contribution < 1.29 is 5.48 Å². The molecule has 150 valence electrons. The molecule has 0 saturated heterocycles. The van der Waals surface area contributed by atoms with E-state index in [1.54, 1.807) is 24.3 Å². The molecule has 8 nitrogen and oxygen atoms in total. The first-order chi connectivity index (χ1) is 13.0. The summed E-state index contributed by atoms with van der Waals surface area (Å²) in [6.07, 6.45) is 5.69. The highest BCUT2D eigenvalue weighted by Crippen LogP contribution is 2.12. The van der Waals surface area contributed by atoms with Crippen LogP contribution in [0.3, 0.4) is 0 Å². The number of hydrogen-bond donors (Lipinski definition) is 3. The second-order valence-corrected chi connectivity index (χ2v) is 7.57. The van der Waals surface area contributed by atoms with E-state index in [4.69, 9.17) is 0 Å². The SMILES string of the molecule is Cc1cc(Cc2cnc(NCCSCc3nc[nH]c3C)[nH]c2=O)cnc1C.O. The number of H-pyrrole nitrogens is 2. The largest absolute Gasteiger partial charge is 0.412 e. The summed E-state index contributed by atoms with van der Waals surface area (Å²) in [4.78, 5) is 31.1. The van der Waals surface area contributed by atoms with E-state index >= 15 is 0 Å². The Hall–Kier alpha value is -2.65. The number of anilines is 1. The maximum Gasteiger partial charge on any atom is 0.255 e. The topological polar surface area (TPSA) is 131 Å². The molecule has 28 heavy (non-hydrogen) atoms. The van der Waals surface area contributed by atoms with Crippen molar-refractivity contribution in [2.75, 3.05) is 17.6 Å². The van der Waals surface area contributed by atoms with E-state index in [-0.39, 0.29) is 11.0 Å². The standard InChI is InChI=1S/C19H24N6OS.H2O/c1-12-6-15(8-21-13(12)2)7-16-9-22-19(25-18(16)26)20-4-5-27-10-17-14(3)23-11-24-17;/h6,8-9,11H,4-5,7,10H2,1-3H3,(H,23,24)(H2,20,22,25,26);1H2. The zero-order valence-corrected chi connectivity index (χ0v) is 17.1. The molecule has 0 atom stereocenters. The first kappa shape index (κ1) is 21.6. The number of hydrogen-bond acceptors (Lipinski definition) is 6. The maximum absolute atomic E-state index is 12.3. The number of rotatable bonds is 8. The zero-order chi connectivity index (χ0) is 19.2. The molecule has 0 fully saturated rings. The normalized spacial score (nSPS) is 10.5. The molecular weight excluding hydrogens is 376 g/mol. The van der Waals surface area contributed by atoms with Crippen LogP contribution in [-0.2, 0) is 12.2 Å². The second-order valence-electron chi connectivity index (χ2n) is 6.46. The smallest absolute Gasteiger partial charge is 0.255 e. The van der Waals surface area contributed by atoms with E-state index < -0.39 is 0 Å². The van der Waals surface area contributed by atoms with Crippen LogP contribution in [0, 0.1) is 20.8 Å². The second kappa shape index (κ2) is 10.0. The predicted molar refractivity (Wildman–Crippen MR) is 113 cm³/mol. The maximum atomic E-state index is 12.3. The van der Waals surface area contributed by atoms with E-state index in [1.807, 2.05) is 27.0 Å². The molecule has 3 aromatic heterocycles. The average Bonchev–Trinajstić information content (AvgIpc) is 3.05. The van der Waals surface area contributed by atoms with Gasteiger partial charge in [-0.15, -0.1) is 0 Å². The number of thioether (sulfide) groups is 1. The zero-order valence-electron chi connectivity index (χ0n) is 16.3. The van der Waals surface area contributed by atoms with Gasteiger partial charge in [-0.25, -0.2) is 9.97 Å². The van der Waals surface area contributed by atoms with Crippen molar-refractivity contribution in [3.8, 4) is 0 Å². The molecule has 3 aromatic rings. The molecule has 0 radical (unpaired) electrons. The fraction of sp³-hybridized carbons (Fsp3) is 0.368. The Morgan fingerprint density at radius 3 is 2.64 bits per heavy atom. The van der Waals surface area contributed by atoms with Crippen LogP contribution in [0.4, 0.5) is 5.95 Å². The van der Waals surface area contributed by atoms with Crippen LogP contribution in [-0.4, -0.2) is 42.7 Å². The number of pyridine rings is 1. The third-order valence-electron chi connectivity index (χ3n) is 4.38. The summed E-state index contributed by atoms with van der Waals surface area (Å²) in [6.45, 7) is 6.73. The number of aromatic nitrogens is 5. The molecule has 0 bridgehead atoms. The molecule has 0 amide bonds. The molecule has 0 spiro atoms. The van der Waals surface area contributed by atoms with Crippen molar-refractivity contribution in [1.82, 2.24) is 24.9 Å². The Morgan fingerprint density at radius 1 is 1.14 bits per heavy atom. The van der Waals surface area contributed by atoms with Crippen molar-refractivity contribution in [3.63, 3.8) is 0 Å². The first-order valence-electron chi connectivity index (χ1n) is 8.83. The molecule has 0 aliphatic carbocycles. The summed E-state index contributed by atoms with van der Waals surface area (Å²) in [6, 6.07) is 2.06. The van der Waals surface area contributed by atoms with Crippen molar-refractivity contribution in [3.05, 3.63) is 68.9 Å². The highest BCUT2D eigenvalue weighted by atomic mass is 32.2. The highest BCUT2D eigenvalue weighted by Gasteiger charge is 2.06. The average molecular weight is 403 g/mol. The Morgan fingerprint density at radius 2 is 1.96 bits per heavy atom. The van der Waals surface area contributed by atoms with Crippen LogP contribution in [0.25, 0.3) is 0 Å². The minimum absolute atomic E-state index is 0. The van der Waals surface area contributed by atoms with Crippen molar-refractivity contribution >= 4 is 17.7 Å². The first-order valence-corrected chi connectivity index (χ1v) is 9.99. The number of aryl methyl sites for hydroxylation is 3. The van der Waals surface area contributed by atoms with Gasteiger partial charge < -0.3 is 15.8 Å². The summed E-state index contributed by atoms with van der Waals surface area (Å²) in [5.74, 6) is 2.26. The number of nitrogens with zero attached hydrogens (tertiary/aromatic N) is 3. The predicted octanol–water partition coefficient (Wildman–Crippen LogP) is 1.92. The molecule has 0 aromatic carbocycles. The highest BCUT2D eigenvalue weighted by molar-refractivity contribution is 7.98. The Kier molecular flexibility index (Phi) is 7.77. The van der Waals surface area contributed by atoms with Gasteiger partial charge in [0.25, 0.3) is 5.56 Å². The molecule has 0 aliphatic rings. The summed E-state index contributed by atoms with van der Waals surface area (Å²) < 4.78 is 0. The van der Waals surface area contributed by atoms with E-state index in [9.17, 15) is 4.79 Å². The minimum Gasteiger partial charge on any atom is -0.412 e. The van der Waals surface area contributed by atoms with Crippen LogP contribution in [0.1, 0.15) is 33.8 Å². The van der Waals surface area contributed by atoms with Gasteiger partial charge >= 0.3 is 0 Å². The van der Waals surface area contributed by atoms with Gasteiger partial charge in [0.15, 0.2) is 0 Å².